The van der Waals surface area contributed by atoms with E-state index in [9.17, 15) is 10.1 Å². The van der Waals surface area contributed by atoms with Crippen LogP contribution in [0.3, 0.4) is 0 Å². The van der Waals surface area contributed by atoms with Crippen molar-refractivity contribution >= 4 is 17.4 Å². The Hall–Kier alpha value is -1.99. The minimum atomic E-state index is -0.482. The van der Waals surface area contributed by atoms with E-state index in [-0.39, 0.29) is 12.3 Å². The van der Waals surface area contributed by atoms with Gasteiger partial charge in [-0.05, 0) is 29.5 Å². The summed E-state index contributed by atoms with van der Waals surface area (Å²) in [5, 5.41) is 20.4. The third-order valence-corrected chi connectivity index (χ3v) is 3.10. The van der Waals surface area contributed by atoms with Gasteiger partial charge in [0.25, 0.3) is 5.69 Å². The van der Waals surface area contributed by atoms with Crippen molar-refractivity contribution in [3.8, 4) is 0 Å². The molecule has 0 fully saturated rings. The number of rotatable bonds is 4. The lowest BCUT2D eigenvalue weighted by atomic mass is 10.2. The zero-order valence-electron chi connectivity index (χ0n) is 9.18. The van der Waals surface area contributed by atoms with Crippen LogP contribution in [0.5, 0.6) is 0 Å². The van der Waals surface area contributed by atoms with Gasteiger partial charge in [0.15, 0.2) is 5.16 Å². The molecule has 0 spiro atoms. The zero-order chi connectivity index (χ0) is 13.0. The minimum absolute atomic E-state index is 0.0565. The van der Waals surface area contributed by atoms with E-state index in [1.165, 1.54) is 6.07 Å². The lowest BCUT2D eigenvalue weighted by Crippen LogP contribution is -1.94. The third-order valence-electron chi connectivity index (χ3n) is 2.15. The third kappa shape index (κ3) is 2.82. The number of hydrogen-bond acceptors (Lipinski definition) is 6. The van der Waals surface area contributed by atoms with Crippen LogP contribution >= 0.6 is 11.8 Å². The molecule has 0 bridgehead atoms. The van der Waals surface area contributed by atoms with Crippen LogP contribution in [0, 0.1) is 10.1 Å². The Balaban J connectivity index is 2.35. The normalized spacial score (nSPS) is 10.3. The van der Waals surface area contributed by atoms with E-state index in [4.69, 9.17) is 5.11 Å². The van der Waals surface area contributed by atoms with Crippen molar-refractivity contribution in [3.05, 3.63) is 52.3 Å². The van der Waals surface area contributed by atoms with Gasteiger partial charge >= 0.3 is 0 Å². The summed E-state index contributed by atoms with van der Waals surface area (Å²) >= 11 is 1.12. The van der Waals surface area contributed by atoms with E-state index in [0.29, 0.717) is 15.6 Å². The number of nitro groups is 1. The average Bonchev–Trinajstić information content (AvgIpc) is 2.40. The Morgan fingerprint density at radius 3 is 2.67 bits per heavy atom. The van der Waals surface area contributed by atoms with Crippen molar-refractivity contribution in [1.29, 1.82) is 0 Å². The molecule has 0 amide bonds. The smallest absolute Gasteiger partial charge is 0.283 e. The Kier molecular flexibility index (Phi) is 3.85. The van der Waals surface area contributed by atoms with E-state index in [1.54, 1.807) is 30.6 Å². The molecule has 0 aliphatic heterocycles. The van der Waals surface area contributed by atoms with Crippen molar-refractivity contribution in [2.24, 2.45) is 0 Å². The Morgan fingerprint density at radius 2 is 2.06 bits per heavy atom. The molecule has 1 aromatic carbocycles. The van der Waals surface area contributed by atoms with Gasteiger partial charge in [-0.15, -0.1) is 0 Å². The number of aliphatic hydroxyl groups is 1. The van der Waals surface area contributed by atoms with E-state index in [0.717, 1.165) is 11.8 Å². The second-order valence-corrected chi connectivity index (χ2v) is 4.36. The molecule has 0 atom stereocenters. The molecule has 2 aromatic rings. The van der Waals surface area contributed by atoms with Gasteiger partial charge in [0.05, 0.1) is 16.4 Å². The van der Waals surface area contributed by atoms with E-state index in [1.807, 2.05) is 0 Å². The van der Waals surface area contributed by atoms with Gasteiger partial charge in [0.1, 0.15) is 0 Å². The highest BCUT2D eigenvalue weighted by atomic mass is 32.2. The molecule has 0 unspecified atom stereocenters. The predicted octanol–water partition coefficient (Wildman–Crippen LogP) is 2.03. The fourth-order valence-electron chi connectivity index (χ4n) is 1.33. The molecule has 1 heterocycles. The van der Waals surface area contributed by atoms with Crippen molar-refractivity contribution in [2.45, 2.75) is 16.7 Å². The monoisotopic (exact) mass is 263 g/mol. The lowest BCUT2D eigenvalue weighted by Gasteiger charge is -2.03. The molecule has 1 N–H and O–H groups in total. The topological polar surface area (TPSA) is 89.2 Å². The largest absolute Gasteiger partial charge is 0.392 e. The molecule has 18 heavy (non-hydrogen) atoms. The highest BCUT2D eigenvalue weighted by Crippen LogP contribution is 2.33. The molecular formula is C11H9N3O3S. The van der Waals surface area contributed by atoms with Gasteiger partial charge in [0.2, 0.25) is 0 Å². The highest BCUT2D eigenvalue weighted by molar-refractivity contribution is 7.99. The number of nitro benzene ring substituents is 1. The first-order valence-electron chi connectivity index (χ1n) is 5.04. The molecule has 0 radical (unpaired) electrons. The van der Waals surface area contributed by atoms with Gasteiger partial charge in [0, 0.05) is 18.5 Å². The van der Waals surface area contributed by atoms with Crippen molar-refractivity contribution in [1.82, 2.24) is 9.97 Å². The number of hydrogen-bond donors (Lipinski definition) is 1. The van der Waals surface area contributed by atoms with E-state index < -0.39 is 4.92 Å². The van der Waals surface area contributed by atoms with Gasteiger partial charge in [-0.1, -0.05) is 6.07 Å². The summed E-state index contributed by atoms with van der Waals surface area (Å²) in [7, 11) is 0. The van der Waals surface area contributed by atoms with Crippen LogP contribution in [0.15, 0.2) is 46.7 Å². The van der Waals surface area contributed by atoms with Crippen molar-refractivity contribution in [3.63, 3.8) is 0 Å². The maximum absolute atomic E-state index is 10.9. The minimum Gasteiger partial charge on any atom is -0.392 e. The van der Waals surface area contributed by atoms with Crippen LogP contribution < -0.4 is 0 Å². The molecule has 0 aliphatic carbocycles. The highest BCUT2D eigenvalue weighted by Gasteiger charge is 2.16. The summed E-state index contributed by atoms with van der Waals surface area (Å²) in [5.41, 5.74) is 0.444. The average molecular weight is 263 g/mol. The summed E-state index contributed by atoms with van der Waals surface area (Å²) in [6.45, 7) is -0.229. The second kappa shape index (κ2) is 5.56. The summed E-state index contributed by atoms with van der Waals surface area (Å²) in [4.78, 5) is 18.9. The SMILES string of the molecule is O=[N+]([O-])c1cc(CO)ccc1Sc1ncccn1. The fraction of sp³-hybridized carbons (Fsp3) is 0.0909. The maximum atomic E-state index is 10.9. The molecule has 7 heteroatoms. The number of aliphatic hydroxyl groups excluding tert-OH is 1. The van der Waals surface area contributed by atoms with Crippen LogP contribution in [0.1, 0.15) is 5.56 Å². The number of benzene rings is 1. The standard InChI is InChI=1S/C11H9N3O3S/c15-7-8-2-3-10(9(6-8)14(16)17)18-11-12-4-1-5-13-11/h1-6,15H,7H2. The number of aromatic nitrogens is 2. The van der Waals surface area contributed by atoms with Gasteiger partial charge in [-0.2, -0.15) is 0 Å². The van der Waals surface area contributed by atoms with Crippen LogP contribution in [-0.4, -0.2) is 20.0 Å². The molecule has 1 aromatic heterocycles. The van der Waals surface area contributed by atoms with Gasteiger partial charge < -0.3 is 5.11 Å². The quantitative estimate of drug-likeness (QED) is 0.515. The van der Waals surface area contributed by atoms with Crippen LogP contribution in [0.4, 0.5) is 5.69 Å². The first kappa shape index (κ1) is 12.5. The van der Waals surface area contributed by atoms with Gasteiger partial charge in [-0.25, -0.2) is 9.97 Å². The Morgan fingerprint density at radius 1 is 1.33 bits per heavy atom. The Bertz CT molecular complexity index is 563. The molecule has 0 saturated carbocycles. The van der Waals surface area contributed by atoms with Crippen molar-refractivity contribution < 1.29 is 10.0 Å². The van der Waals surface area contributed by atoms with Crippen LogP contribution in [0.25, 0.3) is 0 Å². The van der Waals surface area contributed by atoms with Crippen LogP contribution in [-0.2, 0) is 6.61 Å². The lowest BCUT2D eigenvalue weighted by molar-refractivity contribution is -0.387. The first-order valence-corrected chi connectivity index (χ1v) is 5.85. The molecule has 0 aliphatic rings. The van der Waals surface area contributed by atoms with Gasteiger partial charge in [-0.3, -0.25) is 10.1 Å². The molecule has 92 valence electrons. The van der Waals surface area contributed by atoms with Crippen LogP contribution in [0.2, 0.25) is 0 Å². The maximum Gasteiger partial charge on any atom is 0.283 e. The first-order chi connectivity index (χ1) is 8.70. The number of nitrogens with zero attached hydrogens (tertiary/aromatic N) is 3. The molecular weight excluding hydrogens is 254 g/mol. The predicted molar refractivity (Wildman–Crippen MR) is 65.2 cm³/mol. The molecule has 6 nitrogen and oxygen atoms in total. The molecule has 0 saturated heterocycles. The summed E-state index contributed by atoms with van der Waals surface area (Å²) in [6.07, 6.45) is 3.15. The molecule has 2 rings (SSSR count). The van der Waals surface area contributed by atoms with Crippen molar-refractivity contribution in [2.75, 3.05) is 0 Å². The Labute approximate surface area is 107 Å². The second-order valence-electron chi connectivity index (χ2n) is 3.35. The van der Waals surface area contributed by atoms with E-state index in [2.05, 4.69) is 9.97 Å². The summed E-state index contributed by atoms with van der Waals surface area (Å²) < 4.78 is 0. The van der Waals surface area contributed by atoms with E-state index >= 15 is 0 Å². The fourth-order valence-corrected chi connectivity index (χ4v) is 2.12. The summed E-state index contributed by atoms with van der Waals surface area (Å²) in [5.74, 6) is 0. The zero-order valence-corrected chi connectivity index (χ0v) is 10.0. The summed E-state index contributed by atoms with van der Waals surface area (Å²) in [6, 6.07) is 6.25.